The molecule has 0 saturated carbocycles. The zero-order valence-electron chi connectivity index (χ0n) is 16.9. The fraction of sp³-hybridized carbons (Fsp3) is 0.333. The summed E-state index contributed by atoms with van der Waals surface area (Å²) in [5.41, 5.74) is 1.14. The molecule has 1 unspecified atom stereocenters. The van der Waals surface area contributed by atoms with Gasteiger partial charge in [0, 0.05) is 12.1 Å². The van der Waals surface area contributed by atoms with Gasteiger partial charge in [0.15, 0.2) is 0 Å². The molecule has 1 amide bonds. The van der Waals surface area contributed by atoms with Gasteiger partial charge in [0.05, 0.1) is 18.3 Å². The number of ether oxygens (including phenoxy) is 1. The van der Waals surface area contributed by atoms with Gasteiger partial charge < -0.3 is 9.64 Å². The van der Waals surface area contributed by atoms with E-state index in [4.69, 9.17) is 4.74 Å². The van der Waals surface area contributed by atoms with Gasteiger partial charge in [-0.15, -0.1) is 15.0 Å². The maximum atomic E-state index is 14.1. The van der Waals surface area contributed by atoms with Crippen molar-refractivity contribution >= 4 is 11.6 Å². The van der Waals surface area contributed by atoms with Crippen LogP contribution in [0.3, 0.4) is 0 Å². The largest absolute Gasteiger partial charge is 0.494 e. The van der Waals surface area contributed by atoms with E-state index in [1.165, 1.54) is 15.8 Å². The standard InChI is InChI=1S/C21H23FN6O2/c1-3-30-16-10-8-15(9-11-16)20-23-25-28(24-20)14-26(2)19-12-13-27(21(19)29)18-7-5-4-6-17(18)22/h4-11,19H,3,12-14H2,1-2H3. The molecule has 2 aromatic carbocycles. The molecule has 3 aromatic rings. The molecule has 4 rings (SSSR count). The number of para-hydroxylation sites is 1. The van der Waals surface area contributed by atoms with E-state index in [0.29, 0.717) is 37.8 Å². The third-order valence-corrected chi connectivity index (χ3v) is 5.08. The normalized spacial score (nSPS) is 16.5. The molecule has 1 aliphatic rings. The summed E-state index contributed by atoms with van der Waals surface area (Å²) in [5.74, 6) is 0.756. The number of hydrogen-bond donors (Lipinski definition) is 0. The molecular weight excluding hydrogens is 387 g/mol. The first-order chi connectivity index (χ1) is 14.6. The summed E-state index contributed by atoms with van der Waals surface area (Å²) in [5, 5.41) is 12.6. The molecule has 1 saturated heterocycles. The number of aromatic nitrogens is 4. The van der Waals surface area contributed by atoms with Crippen LogP contribution in [-0.2, 0) is 11.5 Å². The lowest BCUT2D eigenvalue weighted by atomic mass is 10.2. The summed E-state index contributed by atoms with van der Waals surface area (Å²) < 4.78 is 19.5. The van der Waals surface area contributed by atoms with Crippen molar-refractivity contribution in [2.75, 3.05) is 25.1 Å². The highest BCUT2D eigenvalue weighted by Gasteiger charge is 2.36. The van der Waals surface area contributed by atoms with Crippen LogP contribution in [0.4, 0.5) is 10.1 Å². The molecule has 0 radical (unpaired) electrons. The Morgan fingerprint density at radius 1 is 1.20 bits per heavy atom. The van der Waals surface area contributed by atoms with Crippen molar-refractivity contribution < 1.29 is 13.9 Å². The number of amides is 1. The van der Waals surface area contributed by atoms with Crippen LogP contribution >= 0.6 is 0 Å². The van der Waals surface area contributed by atoms with Crippen LogP contribution in [0.15, 0.2) is 48.5 Å². The molecule has 8 nitrogen and oxygen atoms in total. The molecule has 0 bridgehead atoms. The monoisotopic (exact) mass is 410 g/mol. The van der Waals surface area contributed by atoms with Gasteiger partial charge in [0.1, 0.15) is 18.2 Å². The van der Waals surface area contributed by atoms with Crippen LogP contribution in [0.5, 0.6) is 5.75 Å². The van der Waals surface area contributed by atoms with Crippen molar-refractivity contribution in [3.8, 4) is 17.1 Å². The molecule has 30 heavy (non-hydrogen) atoms. The van der Waals surface area contributed by atoms with Gasteiger partial charge in [0.2, 0.25) is 11.7 Å². The van der Waals surface area contributed by atoms with Gasteiger partial charge in [-0.25, -0.2) is 4.39 Å². The van der Waals surface area contributed by atoms with Crippen LogP contribution in [0.2, 0.25) is 0 Å². The Bertz CT molecular complexity index is 1020. The lowest BCUT2D eigenvalue weighted by molar-refractivity contribution is -0.121. The Morgan fingerprint density at radius 3 is 2.70 bits per heavy atom. The smallest absolute Gasteiger partial charge is 0.244 e. The summed E-state index contributed by atoms with van der Waals surface area (Å²) in [4.78, 5) is 17.6. The predicted octanol–water partition coefficient (Wildman–Crippen LogP) is 2.57. The number of halogens is 1. The Morgan fingerprint density at radius 2 is 1.97 bits per heavy atom. The highest BCUT2D eigenvalue weighted by atomic mass is 19.1. The van der Waals surface area contributed by atoms with Crippen molar-refractivity contribution in [3.05, 3.63) is 54.3 Å². The zero-order valence-corrected chi connectivity index (χ0v) is 16.9. The van der Waals surface area contributed by atoms with Crippen molar-refractivity contribution in [1.82, 2.24) is 25.1 Å². The van der Waals surface area contributed by atoms with E-state index in [2.05, 4.69) is 15.4 Å². The van der Waals surface area contributed by atoms with Gasteiger partial charge in [-0.1, -0.05) is 12.1 Å². The molecule has 0 N–H and O–H groups in total. The van der Waals surface area contributed by atoms with Crippen molar-refractivity contribution in [3.63, 3.8) is 0 Å². The van der Waals surface area contributed by atoms with E-state index >= 15 is 0 Å². The summed E-state index contributed by atoms with van der Waals surface area (Å²) in [6.45, 7) is 3.30. The van der Waals surface area contributed by atoms with E-state index in [-0.39, 0.29) is 11.9 Å². The van der Waals surface area contributed by atoms with E-state index in [9.17, 15) is 9.18 Å². The first-order valence-electron chi connectivity index (χ1n) is 9.84. The topological polar surface area (TPSA) is 76.4 Å². The summed E-state index contributed by atoms with van der Waals surface area (Å²) >= 11 is 0. The number of anilines is 1. The Balaban J connectivity index is 1.41. The molecule has 1 aliphatic heterocycles. The number of likely N-dealkylation sites (N-methyl/N-ethyl adjacent to an activating group) is 1. The van der Waals surface area contributed by atoms with Crippen molar-refractivity contribution in [2.24, 2.45) is 0 Å². The van der Waals surface area contributed by atoms with Gasteiger partial charge in [0.25, 0.3) is 0 Å². The minimum absolute atomic E-state index is 0.130. The van der Waals surface area contributed by atoms with E-state index in [1.54, 1.807) is 18.2 Å². The lowest BCUT2D eigenvalue weighted by Crippen LogP contribution is -2.41. The number of carbonyl (C=O) groups excluding carboxylic acids is 1. The fourth-order valence-corrected chi connectivity index (χ4v) is 3.57. The quantitative estimate of drug-likeness (QED) is 0.596. The number of hydrogen-bond acceptors (Lipinski definition) is 6. The summed E-state index contributed by atoms with van der Waals surface area (Å²) in [7, 11) is 1.83. The molecular formula is C21H23FN6O2. The number of rotatable bonds is 7. The van der Waals surface area contributed by atoms with Crippen LogP contribution < -0.4 is 9.64 Å². The first-order valence-corrected chi connectivity index (χ1v) is 9.84. The molecule has 156 valence electrons. The summed E-state index contributed by atoms with van der Waals surface area (Å²) in [6, 6.07) is 13.4. The van der Waals surface area contributed by atoms with Crippen LogP contribution in [0.1, 0.15) is 13.3 Å². The molecule has 2 heterocycles. The highest BCUT2D eigenvalue weighted by molar-refractivity contribution is 5.99. The second-order valence-corrected chi connectivity index (χ2v) is 7.09. The maximum absolute atomic E-state index is 14.1. The molecule has 1 fully saturated rings. The van der Waals surface area contributed by atoms with Gasteiger partial charge in [-0.3, -0.25) is 9.69 Å². The van der Waals surface area contributed by atoms with Gasteiger partial charge in [-0.05, 0) is 62.0 Å². The predicted molar refractivity (Wildman–Crippen MR) is 109 cm³/mol. The number of nitrogens with zero attached hydrogens (tertiary/aromatic N) is 6. The number of benzene rings is 2. The van der Waals surface area contributed by atoms with E-state index in [1.807, 2.05) is 43.1 Å². The van der Waals surface area contributed by atoms with Crippen LogP contribution in [0.25, 0.3) is 11.4 Å². The molecule has 0 spiro atoms. The minimum Gasteiger partial charge on any atom is -0.494 e. The molecule has 1 atom stereocenters. The molecule has 0 aliphatic carbocycles. The average Bonchev–Trinajstić information content (AvgIpc) is 3.36. The van der Waals surface area contributed by atoms with Crippen LogP contribution in [0, 0.1) is 5.82 Å². The van der Waals surface area contributed by atoms with E-state index in [0.717, 1.165) is 11.3 Å². The number of carbonyl (C=O) groups is 1. The summed E-state index contributed by atoms with van der Waals surface area (Å²) in [6.07, 6.45) is 0.601. The second-order valence-electron chi connectivity index (χ2n) is 7.09. The zero-order chi connectivity index (χ0) is 21.1. The SMILES string of the molecule is CCOc1ccc(-c2nnn(CN(C)C3CCN(c4ccccc4F)C3=O)n2)cc1. The van der Waals surface area contributed by atoms with E-state index < -0.39 is 5.82 Å². The molecule has 9 heteroatoms. The third-order valence-electron chi connectivity index (χ3n) is 5.08. The van der Waals surface area contributed by atoms with Crippen LogP contribution in [-0.4, -0.2) is 57.3 Å². The highest BCUT2D eigenvalue weighted by Crippen LogP contribution is 2.26. The second kappa shape index (κ2) is 8.58. The molecule has 1 aromatic heterocycles. The number of tetrazole rings is 1. The Kier molecular flexibility index (Phi) is 5.71. The average molecular weight is 410 g/mol. The lowest BCUT2D eigenvalue weighted by Gasteiger charge is -2.23. The van der Waals surface area contributed by atoms with Crippen molar-refractivity contribution in [1.29, 1.82) is 0 Å². The van der Waals surface area contributed by atoms with Gasteiger partial charge >= 0.3 is 0 Å². The minimum atomic E-state index is -0.396. The first kappa shape index (κ1) is 20.0. The Labute approximate surface area is 173 Å². The fourth-order valence-electron chi connectivity index (χ4n) is 3.57. The Hall–Kier alpha value is -3.33. The van der Waals surface area contributed by atoms with Gasteiger partial charge in [-0.2, -0.15) is 0 Å². The maximum Gasteiger partial charge on any atom is 0.244 e. The van der Waals surface area contributed by atoms with Crippen molar-refractivity contribution in [2.45, 2.75) is 26.1 Å². The third kappa shape index (κ3) is 4.02.